The first-order chi connectivity index (χ1) is 8.52. The Hall–Kier alpha value is -1.87. The van der Waals surface area contributed by atoms with E-state index in [-0.39, 0.29) is 23.3 Å². The Labute approximate surface area is 109 Å². The molecular formula is C14H11ClO3. The summed E-state index contributed by atoms with van der Waals surface area (Å²) in [7, 11) is 0. The molecule has 92 valence electrons. The summed E-state index contributed by atoms with van der Waals surface area (Å²) in [6.07, 6.45) is 1.74. The van der Waals surface area contributed by atoms with Gasteiger partial charge in [-0.2, -0.15) is 0 Å². The maximum Gasteiger partial charge on any atom is 0.234 e. The lowest BCUT2D eigenvalue weighted by Crippen LogP contribution is -2.23. The van der Waals surface area contributed by atoms with E-state index >= 15 is 0 Å². The van der Waals surface area contributed by atoms with Crippen LogP contribution in [0.25, 0.3) is 5.76 Å². The van der Waals surface area contributed by atoms with Crippen LogP contribution in [0.1, 0.15) is 29.3 Å². The van der Waals surface area contributed by atoms with Crippen LogP contribution < -0.4 is 0 Å². The highest BCUT2D eigenvalue weighted by Crippen LogP contribution is 2.29. The Morgan fingerprint density at radius 3 is 2.44 bits per heavy atom. The molecule has 2 rings (SSSR count). The SMILES string of the molecule is C/C(Cl)=C\CC1=C(O)c2ccccc2C(=O)C1=O. The van der Waals surface area contributed by atoms with E-state index in [1.165, 1.54) is 6.07 Å². The van der Waals surface area contributed by atoms with E-state index in [9.17, 15) is 14.7 Å². The van der Waals surface area contributed by atoms with Crippen molar-refractivity contribution in [2.24, 2.45) is 0 Å². The minimum Gasteiger partial charge on any atom is -0.507 e. The smallest absolute Gasteiger partial charge is 0.234 e. The van der Waals surface area contributed by atoms with Crippen LogP contribution in [0.15, 0.2) is 40.9 Å². The Kier molecular flexibility index (Phi) is 3.34. The maximum atomic E-state index is 11.9. The minimum absolute atomic E-state index is 0.0960. The lowest BCUT2D eigenvalue weighted by atomic mass is 9.87. The molecule has 1 aliphatic rings. The van der Waals surface area contributed by atoms with E-state index in [0.29, 0.717) is 10.6 Å². The second kappa shape index (κ2) is 4.78. The van der Waals surface area contributed by atoms with Crippen molar-refractivity contribution >= 4 is 28.9 Å². The summed E-state index contributed by atoms with van der Waals surface area (Å²) in [5, 5.41) is 10.6. The van der Waals surface area contributed by atoms with Crippen LogP contribution in [0.3, 0.4) is 0 Å². The van der Waals surface area contributed by atoms with Crippen molar-refractivity contribution in [2.45, 2.75) is 13.3 Å². The molecule has 4 heteroatoms. The molecule has 0 heterocycles. The van der Waals surface area contributed by atoms with Gasteiger partial charge in [0.1, 0.15) is 5.76 Å². The number of Topliss-reactive ketones (excluding diaryl/α,β-unsaturated/α-hetero) is 2. The van der Waals surface area contributed by atoms with Gasteiger partial charge in [-0.15, -0.1) is 0 Å². The van der Waals surface area contributed by atoms with Crippen molar-refractivity contribution in [3.05, 3.63) is 52.1 Å². The average Bonchev–Trinajstić information content (AvgIpc) is 2.36. The summed E-state index contributed by atoms with van der Waals surface area (Å²) in [4.78, 5) is 23.7. The highest BCUT2D eigenvalue weighted by molar-refractivity contribution is 6.52. The number of aliphatic hydroxyl groups excluding tert-OH is 1. The fourth-order valence-electron chi connectivity index (χ4n) is 1.85. The van der Waals surface area contributed by atoms with Gasteiger partial charge in [0.25, 0.3) is 0 Å². The van der Waals surface area contributed by atoms with Crippen molar-refractivity contribution in [3.8, 4) is 0 Å². The molecule has 1 aromatic rings. The van der Waals surface area contributed by atoms with Gasteiger partial charge < -0.3 is 5.11 Å². The van der Waals surface area contributed by atoms with E-state index < -0.39 is 11.6 Å². The van der Waals surface area contributed by atoms with Crippen LogP contribution in [0, 0.1) is 0 Å². The van der Waals surface area contributed by atoms with Crippen LogP contribution in [0.2, 0.25) is 0 Å². The number of carbonyl (C=O) groups is 2. The predicted molar refractivity (Wildman–Crippen MR) is 69.6 cm³/mol. The molecule has 0 bridgehead atoms. The average molecular weight is 263 g/mol. The Balaban J connectivity index is 2.55. The van der Waals surface area contributed by atoms with Crippen molar-refractivity contribution in [2.75, 3.05) is 0 Å². The minimum atomic E-state index is -0.666. The van der Waals surface area contributed by atoms with E-state index in [0.717, 1.165) is 0 Å². The van der Waals surface area contributed by atoms with Crippen molar-refractivity contribution < 1.29 is 14.7 Å². The maximum absolute atomic E-state index is 11.9. The number of rotatable bonds is 2. The molecule has 1 aliphatic carbocycles. The zero-order valence-electron chi connectivity index (χ0n) is 9.74. The quantitative estimate of drug-likeness (QED) is 0.833. The van der Waals surface area contributed by atoms with Gasteiger partial charge in [-0.05, 0) is 13.3 Å². The highest BCUT2D eigenvalue weighted by Gasteiger charge is 2.31. The van der Waals surface area contributed by atoms with Crippen LogP contribution in [-0.4, -0.2) is 16.7 Å². The van der Waals surface area contributed by atoms with Crippen molar-refractivity contribution in [1.29, 1.82) is 0 Å². The standard InChI is InChI=1S/C14H11ClO3/c1-8(15)6-7-11-12(16)9-4-2-3-5-10(9)13(17)14(11)18/h2-6,16H,7H2,1H3/b8-6+. The van der Waals surface area contributed by atoms with E-state index in [1.54, 1.807) is 31.2 Å². The molecule has 0 unspecified atom stereocenters. The van der Waals surface area contributed by atoms with Gasteiger partial charge in [0, 0.05) is 21.7 Å². The normalized spacial score (nSPS) is 16.0. The molecule has 0 atom stereocenters. The fourth-order valence-corrected chi connectivity index (χ4v) is 1.93. The second-order valence-corrected chi connectivity index (χ2v) is 4.62. The first kappa shape index (κ1) is 12.6. The van der Waals surface area contributed by atoms with Gasteiger partial charge >= 0.3 is 0 Å². The summed E-state index contributed by atoms with van der Waals surface area (Å²) in [6.45, 7) is 1.67. The molecule has 0 fully saturated rings. The lowest BCUT2D eigenvalue weighted by molar-refractivity contribution is -0.112. The Bertz CT molecular complexity index is 593. The molecule has 0 amide bonds. The van der Waals surface area contributed by atoms with E-state index in [1.807, 2.05) is 0 Å². The summed E-state index contributed by atoms with van der Waals surface area (Å²) in [6, 6.07) is 6.51. The monoisotopic (exact) mass is 262 g/mol. The van der Waals surface area contributed by atoms with Gasteiger partial charge in [0.15, 0.2) is 0 Å². The number of hydrogen-bond acceptors (Lipinski definition) is 3. The Morgan fingerprint density at radius 1 is 1.22 bits per heavy atom. The van der Waals surface area contributed by atoms with Crippen molar-refractivity contribution in [3.63, 3.8) is 0 Å². The molecule has 0 spiro atoms. The van der Waals surface area contributed by atoms with Crippen LogP contribution >= 0.6 is 11.6 Å². The largest absolute Gasteiger partial charge is 0.507 e. The van der Waals surface area contributed by atoms with Crippen LogP contribution in [-0.2, 0) is 4.79 Å². The number of hydrogen-bond donors (Lipinski definition) is 1. The van der Waals surface area contributed by atoms with Gasteiger partial charge in [-0.1, -0.05) is 41.9 Å². The highest BCUT2D eigenvalue weighted by atomic mass is 35.5. The molecule has 1 N–H and O–H groups in total. The lowest BCUT2D eigenvalue weighted by Gasteiger charge is -2.16. The topological polar surface area (TPSA) is 54.4 Å². The van der Waals surface area contributed by atoms with E-state index in [4.69, 9.17) is 11.6 Å². The third kappa shape index (κ3) is 2.09. The molecule has 0 saturated carbocycles. The van der Waals surface area contributed by atoms with E-state index in [2.05, 4.69) is 0 Å². The third-order valence-corrected chi connectivity index (χ3v) is 2.93. The molecule has 0 aromatic heterocycles. The first-order valence-electron chi connectivity index (χ1n) is 5.45. The zero-order chi connectivity index (χ0) is 13.3. The van der Waals surface area contributed by atoms with Crippen molar-refractivity contribution in [1.82, 2.24) is 0 Å². The van der Waals surface area contributed by atoms with Gasteiger partial charge in [0.05, 0.1) is 0 Å². The number of carbonyl (C=O) groups excluding carboxylic acids is 2. The predicted octanol–water partition coefficient (Wildman–Crippen LogP) is 3.25. The van der Waals surface area contributed by atoms with Crippen LogP contribution in [0.4, 0.5) is 0 Å². The Morgan fingerprint density at radius 2 is 1.83 bits per heavy atom. The number of aliphatic hydroxyl groups is 1. The summed E-state index contributed by atoms with van der Waals surface area (Å²) >= 11 is 5.69. The number of halogens is 1. The molecule has 3 nitrogen and oxygen atoms in total. The van der Waals surface area contributed by atoms with Gasteiger partial charge in [-0.3, -0.25) is 9.59 Å². The zero-order valence-corrected chi connectivity index (χ0v) is 10.5. The molecule has 1 aromatic carbocycles. The van der Waals surface area contributed by atoms with Gasteiger partial charge in [0.2, 0.25) is 11.6 Å². The second-order valence-electron chi connectivity index (χ2n) is 4.03. The molecule has 0 saturated heterocycles. The molecular weight excluding hydrogens is 252 g/mol. The fraction of sp³-hybridized carbons (Fsp3) is 0.143. The number of allylic oxidation sites excluding steroid dienone is 3. The molecule has 0 radical (unpaired) electrons. The third-order valence-electron chi connectivity index (χ3n) is 2.78. The van der Waals surface area contributed by atoms with Gasteiger partial charge in [-0.25, -0.2) is 0 Å². The molecule has 0 aliphatic heterocycles. The summed E-state index contributed by atoms with van der Waals surface area (Å²) in [5.41, 5.74) is 0.742. The number of benzene rings is 1. The number of ketones is 2. The summed E-state index contributed by atoms with van der Waals surface area (Å²) in [5.74, 6) is -1.39. The summed E-state index contributed by atoms with van der Waals surface area (Å²) < 4.78 is 0. The number of fused-ring (bicyclic) bond motifs is 1. The molecule has 18 heavy (non-hydrogen) atoms. The van der Waals surface area contributed by atoms with Crippen LogP contribution in [0.5, 0.6) is 0 Å². The first-order valence-corrected chi connectivity index (χ1v) is 5.83.